The van der Waals surface area contributed by atoms with E-state index in [4.69, 9.17) is 32.7 Å². The molecule has 1 aromatic rings. The topological polar surface area (TPSA) is 38.8 Å². The molecule has 1 saturated carbocycles. The molecule has 2 fully saturated rings. The molecule has 2 aliphatic rings. The van der Waals surface area contributed by atoms with Crippen LogP contribution < -0.4 is 0 Å². The number of amides is 1. The van der Waals surface area contributed by atoms with Crippen molar-refractivity contribution in [2.45, 2.75) is 44.6 Å². The minimum absolute atomic E-state index is 0.00421. The Morgan fingerprint density at radius 3 is 2.60 bits per heavy atom. The SMILES string of the molecule is COCC12CN(C(=O)OC(C)(C)C)CCC1(c1ccc(Cl)c(Cl)c1)C2. The van der Waals surface area contributed by atoms with Crippen LogP contribution in [0.1, 0.15) is 39.2 Å². The molecule has 1 aliphatic carbocycles. The third-order valence-electron chi connectivity index (χ3n) is 5.38. The summed E-state index contributed by atoms with van der Waals surface area (Å²) >= 11 is 12.3. The second kappa shape index (κ2) is 6.33. The van der Waals surface area contributed by atoms with Gasteiger partial charge in [0.2, 0.25) is 0 Å². The predicted octanol–water partition coefficient (Wildman–Crippen LogP) is 4.91. The standard InChI is InChI=1S/C19H25Cl2NO3/c1-17(2,3)25-16(23)22-8-7-19(10-18(19,11-22)12-24-4)13-5-6-14(20)15(21)9-13/h5-6,9H,7-8,10-12H2,1-4H3. The Morgan fingerprint density at radius 1 is 1.28 bits per heavy atom. The van der Waals surface area contributed by atoms with E-state index in [0.717, 1.165) is 12.8 Å². The molecular formula is C19H25Cl2NO3. The molecule has 1 saturated heterocycles. The van der Waals surface area contributed by atoms with Crippen LogP contribution in [-0.4, -0.2) is 43.4 Å². The second-order valence-corrected chi connectivity index (χ2v) is 9.07. The lowest BCUT2D eigenvalue weighted by atomic mass is 9.80. The number of rotatable bonds is 3. The van der Waals surface area contributed by atoms with E-state index in [9.17, 15) is 4.79 Å². The Labute approximate surface area is 159 Å². The van der Waals surface area contributed by atoms with Crippen molar-refractivity contribution in [1.29, 1.82) is 0 Å². The maximum Gasteiger partial charge on any atom is 0.410 e. The molecular weight excluding hydrogens is 361 g/mol. The molecule has 0 aromatic heterocycles. The molecule has 25 heavy (non-hydrogen) atoms. The van der Waals surface area contributed by atoms with Crippen molar-refractivity contribution < 1.29 is 14.3 Å². The number of benzene rings is 1. The van der Waals surface area contributed by atoms with Crippen molar-refractivity contribution in [3.8, 4) is 0 Å². The smallest absolute Gasteiger partial charge is 0.410 e. The zero-order chi connectivity index (χ0) is 18.5. The van der Waals surface area contributed by atoms with Crippen LogP contribution in [0.2, 0.25) is 10.0 Å². The van der Waals surface area contributed by atoms with Crippen molar-refractivity contribution in [3.63, 3.8) is 0 Å². The van der Waals surface area contributed by atoms with Crippen molar-refractivity contribution >= 4 is 29.3 Å². The molecule has 138 valence electrons. The second-order valence-electron chi connectivity index (χ2n) is 8.25. The highest BCUT2D eigenvalue weighted by molar-refractivity contribution is 6.42. The molecule has 0 bridgehead atoms. The molecule has 3 rings (SSSR count). The van der Waals surface area contributed by atoms with E-state index in [2.05, 4.69) is 6.07 Å². The maximum absolute atomic E-state index is 12.5. The van der Waals surface area contributed by atoms with Crippen LogP contribution >= 0.6 is 23.2 Å². The monoisotopic (exact) mass is 385 g/mol. The number of fused-ring (bicyclic) bond motifs is 1. The summed E-state index contributed by atoms with van der Waals surface area (Å²) in [4.78, 5) is 14.3. The molecule has 1 aromatic carbocycles. The highest BCUT2D eigenvalue weighted by Gasteiger charge is 2.70. The van der Waals surface area contributed by atoms with Crippen molar-refractivity contribution in [2.75, 3.05) is 26.8 Å². The molecule has 2 atom stereocenters. The molecule has 0 radical (unpaired) electrons. The molecule has 6 heteroatoms. The minimum Gasteiger partial charge on any atom is -0.444 e. The van der Waals surface area contributed by atoms with Crippen LogP contribution in [0.5, 0.6) is 0 Å². The summed E-state index contributed by atoms with van der Waals surface area (Å²) < 4.78 is 11.1. The average Bonchev–Trinajstić information content (AvgIpc) is 3.17. The fourth-order valence-corrected chi connectivity index (χ4v) is 4.50. The number of hydrogen-bond donors (Lipinski definition) is 0. The lowest BCUT2D eigenvalue weighted by molar-refractivity contribution is 0.00562. The number of piperidine rings is 1. The first-order chi connectivity index (χ1) is 11.6. The first kappa shape index (κ1) is 18.8. The predicted molar refractivity (Wildman–Crippen MR) is 99.5 cm³/mol. The van der Waals surface area contributed by atoms with Crippen LogP contribution in [0.3, 0.4) is 0 Å². The first-order valence-electron chi connectivity index (χ1n) is 8.55. The number of methoxy groups -OCH3 is 1. The van der Waals surface area contributed by atoms with Gasteiger partial charge in [-0.05, 0) is 51.3 Å². The van der Waals surface area contributed by atoms with Gasteiger partial charge in [0.1, 0.15) is 5.60 Å². The lowest BCUT2D eigenvalue weighted by Crippen LogP contribution is -2.48. The number of nitrogens with zero attached hydrogens (tertiary/aromatic N) is 1. The highest BCUT2D eigenvalue weighted by atomic mass is 35.5. The van der Waals surface area contributed by atoms with E-state index in [0.29, 0.717) is 29.7 Å². The third kappa shape index (κ3) is 3.36. The molecule has 1 aliphatic heterocycles. The Morgan fingerprint density at radius 2 is 2.00 bits per heavy atom. The van der Waals surface area contributed by atoms with E-state index in [1.807, 2.05) is 37.8 Å². The minimum atomic E-state index is -0.493. The van der Waals surface area contributed by atoms with Crippen LogP contribution in [0.25, 0.3) is 0 Å². The number of likely N-dealkylation sites (tertiary alicyclic amines) is 1. The fraction of sp³-hybridized carbons (Fsp3) is 0.632. The van der Waals surface area contributed by atoms with Crippen LogP contribution in [-0.2, 0) is 14.9 Å². The average molecular weight is 386 g/mol. The van der Waals surface area contributed by atoms with E-state index in [1.54, 1.807) is 7.11 Å². The highest BCUT2D eigenvalue weighted by Crippen LogP contribution is 2.69. The van der Waals surface area contributed by atoms with E-state index >= 15 is 0 Å². The summed E-state index contributed by atoms with van der Waals surface area (Å²) in [6.07, 6.45) is 1.59. The van der Waals surface area contributed by atoms with Gasteiger partial charge in [-0.25, -0.2) is 4.79 Å². The summed E-state index contributed by atoms with van der Waals surface area (Å²) in [6, 6.07) is 5.86. The van der Waals surface area contributed by atoms with Crippen molar-refractivity contribution in [2.24, 2.45) is 5.41 Å². The van der Waals surface area contributed by atoms with Gasteiger partial charge in [0, 0.05) is 31.0 Å². The van der Waals surface area contributed by atoms with E-state index in [1.165, 1.54) is 5.56 Å². The Bertz CT molecular complexity index is 688. The van der Waals surface area contributed by atoms with Gasteiger partial charge in [0.05, 0.1) is 16.7 Å². The van der Waals surface area contributed by atoms with Gasteiger partial charge in [0.15, 0.2) is 0 Å². The number of carbonyl (C=O) groups excluding carboxylic acids is 1. The van der Waals surface area contributed by atoms with Gasteiger partial charge in [-0.2, -0.15) is 0 Å². The summed E-state index contributed by atoms with van der Waals surface area (Å²) in [5.41, 5.74) is 0.597. The zero-order valence-electron chi connectivity index (χ0n) is 15.2. The molecule has 1 amide bonds. The number of hydrogen-bond acceptors (Lipinski definition) is 3. The Balaban J connectivity index is 1.83. The summed E-state index contributed by atoms with van der Waals surface area (Å²) in [7, 11) is 1.71. The zero-order valence-corrected chi connectivity index (χ0v) is 16.7. The van der Waals surface area contributed by atoms with Gasteiger partial charge in [-0.1, -0.05) is 29.3 Å². The maximum atomic E-state index is 12.5. The van der Waals surface area contributed by atoms with Gasteiger partial charge in [-0.15, -0.1) is 0 Å². The van der Waals surface area contributed by atoms with Gasteiger partial charge >= 0.3 is 6.09 Å². The van der Waals surface area contributed by atoms with Crippen LogP contribution in [0, 0.1) is 5.41 Å². The molecule has 1 heterocycles. The van der Waals surface area contributed by atoms with Gasteiger partial charge in [-0.3, -0.25) is 0 Å². The summed E-state index contributed by atoms with van der Waals surface area (Å²) in [5, 5.41) is 1.13. The lowest BCUT2D eigenvalue weighted by Gasteiger charge is -2.38. The van der Waals surface area contributed by atoms with Crippen LogP contribution in [0.4, 0.5) is 4.79 Å². The van der Waals surface area contributed by atoms with Crippen LogP contribution in [0.15, 0.2) is 18.2 Å². The fourth-order valence-electron chi connectivity index (χ4n) is 4.20. The molecule has 0 spiro atoms. The number of carbonyl (C=O) groups is 1. The van der Waals surface area contributed by atoms with Crippen molar-refractivity contribution in [1.82, 2.24) is 4.90 Å². The Hall–Kier alpha value is -0.970. The Kier molecular flexibility index (Phi) is 4.76. The molecule has 2 unspecified atom stereocenters. The normalized spacial score (nSPS) is 28.5. The molecule has 0 N–H and O–H groups in total. The summed E-state index contributed by atoms with van der Waals surface area (Å²) in [5.74, 6) is 0. The largest absolute Gasteiger partial charge is 0.444 e. The van der Waals surface area contributed by atoms with Gasteiger partial charge < -0.3 is 14.4 Å². The van der Waals surface area contributed by atoms with E-state index in [-0.39, 0.29) is 16.9 Å². The number of halogens is 2. The first-order valence-corrected chi connectivity index (χ1v) is 9.31. The number of ether oxygens (including phenoxy) is 2. The molecule has 4 nitrogen and oxygen atoms in total. The summed E-state index contributed by atoms with van der Waals surface area (Å²) in [6.45, 7) is 7.56. The quantitative estimate of drug-likeness (QED) is 0.741. The van der Waals surface area contributed by atoms with E-state index < -0.39 is 5.60 Å². The van der Waals surface area contributed by atoms with Gasteiger partial charge in [0.25, 0.3) is 0 Å². The van der Waals surface area contributed by atoms with Crippen molar-refractivity contribution in [3.05, 3.63) is 33.8 Å². The third-order valence-corrected chi connectivity index (χ3v) is 6.12.